The van der Waals surface area contributed by atoms with Crippen LogP contribution in [0.2, 0.25) is 0 Å². The van der Waals surface area contributed by atoms with Crippen molar-refractivity contribution in [2.75, 3.05) is 26.4 Å². The van der Waals surface area contributed by atoms with E-state index >= 15 is 0 Å². The van der Waals surface area contributed by atoms with Gasteiger partial charge in [-0.05, 0) is 17.9 Å². The number of esters is 1. The average molecular weight is 404 g/mol. The van der Waals surface area contributed by atoms with E-state index in [0.717, 1.165) is 12.5 Å². The molecular formula is C18H28O10. The van der Waals surface area contributed by atoms with Crippen LogP contribution in [-0.2, 0) is 23.7 Å². The molecule has 3 rings (SSSR count). The topological polar surface area (TPSA) is 155 Å². The number of hydrogen-bond donors (Lipinski definition) is 5. The Kier molecular flexibility index (Phi) is 6.92. The van der Waals surface area contributed by atoms with Crippen LogP contribution in [0.3, 0.4) is 0 Å². The van der Waals surface area contributed by atoms with Gasteiger partial charge < -0.3 is 44.5 Å². The van der Waals surface area contributed by atoms with Gasteiger partial charge in [0.2, 0.25) is 0 Å². The molecule has 1 saturated heterocycles. The van der Waals surface area contributed by atoms with Gasteiger partial charge in [-0.2, -0.15) is 0 Å². The summed E-state index contributed by atoms with van der Waals surface area (Å²) in [5, 5.41) is 49.3. The fraction of sp³-hybridized carbons (Fsp3) is 0.833. The highest BCUT2D eigenvalue weighted by Crippen LogP contribution is 2.43. The van der Waals surface area contributed by atoms with Gasteiger partial charge in [0.15, 0.2) is 12.4 Å². The SMILES string of the molecule is CC(=O)O[C@H]1[C@H](OCC2=COC[C@@H]3[C@@H](CO)[C@@H](O)C[C@H]23)O[C@H](CO)[C@@H](O)[C@@H]1O. The summed E-state index contributed by atoms with van der Waals surface area (Å²) >= 11 is 0. The van der Waals surface area contributed by atoms with Crippen molar-refractivity contribution < 1.29 is 49.3 Å². The van der Waals surface area contributed by atoms with Crippen molar-refractivity contribution in [1.82, 2.24) is 0 Å². The molecule has 2 heterocycles. The van der Waals surface area contributed by atoms with E-state index in [4.69, 9.17) is 18.9 Å². The first-order valence-corrected chi connectivity index (χ1v) is 9.38. The number of ether oxygens (including phenoxy) is 4. The van der Waals surface area contributed by atoms with Crippen molar-refractivity contribution in [3.05, 3.63) is 11.8 Å². The minimum atomic E-state index is -1.49. The lowest BCUT2D eigenvalue weighted by atomic mass is 9.84. The lowest BCUT2D eigenvalue weighted by Gasteiger charge is -2.41. The van der Waals surface area contributed by atoms with E-state index < -0.39 is 49.4 Å². The van der Waals surface area contributed by atoms with Gasteiger partial charge in [0.05, 0.1) is 32.2 Å². The third kappa shape index (κ3) is 4.18. The second kappa shape index (κ2) is 9.04. The Bertz CT molecular complexity index is 581. The predicted octanol–water partition coefficient (Wildman–Crippen LogP) is -2.11. The maximum atomic E-state index is 11.4. The summed E-state index contributed by atoms with van der Waals surface area (Å²) in [5.74, 6) is -1.04. The van der Waals surface area contributed by atoms with Gasteiger partial charge in [-0.1, -0.05) is 0 Å². The van der Waals surface area contributed by atoms with Crippen LogP contribution in [0.5, 0.6) is 0 Å². The van der Waals surface area contributed by atoms with Crippen molar-refractivity contribution in [3.63, 3.8) is 0 Å². The van der Waals surface area contributed by atoms with Gasteiger partial charge >= 0.3 is 5.97 Å². The average Bonchev–Trinajstić information content (AvgIpc) is 3.00. The summed E-state index contributed by atoms with van der Waals surface area (Å²) in [6, 6.07) is 0. The zero-order valence-electron chi connectivity index (χ0n) is 15.6. The monoisotopic (exact) mass is 404 g/mol. The molecule has 1 saturated carbocycles. The van der Waals surface area contributed by atoms with Crippen LogP contribution in [0.25, 0.3) is 0 Å². The first kappa shape index (κ1) is 21.4. The molecule has 0 aromatic heterocycles. The number of carbonyl (C=O) groups excluding carboxylic acids is 1. The van der Waals surface area contributed by atoms with Gasteiger partial charge in [-0.15, -0.1) is 0 Å². The Labute approximate surface area is 162 Å². The minimum Gasteiger partial charge on any atom is -0.501 e. The predicted molar refractivity (Wildman–Crippen MR) is 91.5 cm³/mol. The number of aliphatic hydroxyl groups is 5. The first-order chi connectivity index (χ1) is 13.4. The summed E-state index contributed by atoms with van der Waals surface area (Å²) < 4.78 is 21.7. The molecule has 28 heavy (non-hydrogen) atoms. The van der Waals surface area contributed by atoms with Crippen molar-refractivity contribution in [1.29, 1.82) is 0 Å². The number of carbonyl (C=O) groups is 1. The van der Waals surface area contributed by atoms with Crippen molar-refractivity contribution in [3.8, 4) is 0 Å². The number of aliphatic hydroxyl groups excluding tert-OH is 5. The van der Waals surface area contributed by atoms with Crippen molar-refractivity contribution in [2.45, 2.75) is 50.2 Å². The number of fused-ring (bicyclic) bond motifs is 1. The summed E-state index contributed by atoms with van der Waals surface area (Å²) in [4.78, 5) is 11.4. The molecule has 0 aromatic carbocycles. The van der Waals surface area contributed by atoms with Crippen LogP contribution in [-0.4, -0.2) is 94.7 Å². The minimum absolute atomic E-state index is 0.00936. The molecule has 0 radical (unpaired) electrons. The van der Waals surface area contributed by atoms with Crippen LogP contribution in [0.4, 0.5) is 0 Å². The van der Waals surface area contributed by atoms with Crippen LogP contribution in [0, 0.1) is 17.8 Å². The van der Waals surface area contributed by atoms with E-state index in [2.05, 4.69) is 0 Å². The molecule has 10 heteroatoms. The van der Waals surface area contributed by atoms with Crippen molar-refractivity contribution in [2.24, 2.45) is 17.8 Å². The third-order valence-electron chi connectivity index (χ3n) is 5.81. The van der Waals surface area contributed by atoms with Crippen LogP contribution in [0.15, 0.2) is 11.8 Å². The summed E-state index contributed by atoms with van der Waals surface area (Å²) in [5.41, 5.74) is 0.748. The van der Waals surface area contributed by atoms with E-state index in [-0.39, 0.29) is 31.0 Å². The Morgan fingerprint density at radius 3 is 2.61 bits per heavy atom. The Morgan fingerprint density at radius 2 is 1.96 bits per heavy atom. The molecule has 0 unspecified atom stereocenters. The largest absolute Gasteiger partial charge is 0.501 e. The molecule has 2 fully saturated rings. The molecule has 5 N–H and O–H groups in total. The molecule has 0 aromatic rings. The smallest absolute Gasteiger partial charge is 0.303 e. The highest BCUT2D eigenvalue weighted by molar-refractivity contribution is 5.66. The Balaban J connectivity index is 1.69. The third-order valence-corrected chi connectivity index (χ3v) is 5.81. The fourth-order valence-electron chi connectivity index (χ4n) is 4.30. The van der Waals surface area contributed by atoms with Gasteiger partial charge in [0.1, 0.15) is 18.3 Å². The molecule has 1 aliphatic carbocycles. The second-order valence-electron chi connectivity index (χ2n) is 7.54. The molecule has 0 spiro atoms. The van der Waals surface area contributed by atoms with Crippen LogP contribution >= 0.6 is 0 Å². The summed E-state index contributed by atoms with van der Waals surface area (Å²) in [7, 11) is 0. The van der Waals surface area contributed by atoms with E-state index in [0.29, 0.717) is 13.0 Å². The summed E-state index contributed by atoms with van der Waals surface area (Å²) in [6.07, 6.45) is -5.12. The van der Waals surface area contributed by atoms with E-state index in [1.165, 1.54) is 0 Å². The van der Waals surface area contributed by atoms with Gasteiger partial charge in [-0.3, -0.25) is 4.79 Å². The second-order valence-corrected chi connectivity index (χ2v) is 7.54. The maximum Gasteiger partial charge on any atom is 0.303 e. The molecule has 0 bridgehead atoms. The zero-order chi connectivity index (χ0) is 20.4. The molecule has 10 nitrogen and oxygen atoms in total. The van der Waals surface area contributed by atoms with E-state index in [1.807, 2.05) is 0 Å². The van der Waals surface area contributed by atoms with Gasteiger partial charge in [0.25, 0.3) is 0 Å². The molecular weight excluding hydrogens is 376 g/mol. The first-order valence-electron chi connectivity index (χ1n) is 9.38. The molecule has 0 amide bonds. The molecule has 3 aliphatic rings. The molecule has 9 atom stereocenters. The maximum absolute atomic E-state index is 11.4. The Morgan fingerprint density at radius 1 is 1.21 bits per heavy atom. The number of rotatable bonds is 6. The standard InChI is InChI=1S/C18H28O10/c1-8(21)27-17-16(24)15(23)14(4-20)28-18(17)26-6-9-5-25-7-12-10(9)2-13(22)11(12)3-19/h5,10-20,22-24H,2-4,6-7H2,1H3/t10-,11-,12+,13+,14-,15-,16+,17-,18-/m1/s1. The lowest BCUT2D eigenvalue weighted by molar-refractivity contribution is -0.302. The van der Waals surface area contributed by atoms with Crippen molar-refractivity contribution >= 4 is 5.97 Å². The Hall–Kier alpha value is -1.27. The molecule has 160 valence electrons. The lowest BCUT2D eigenvalue weighted by Crippen LogP contribution is -2.60. The summed E-state index contributed by atoms with van der Waals surface area (Å²) in [6.45, 7) is 0.874. The van der Waals surface area contributed by atoms with Crippen LogP contribution in [0.1, 0.15) is 13.3 Å². The normalized spacial score (nSPS) is 43.1. The van der Waals surface area contributed by atoms with Crippen LogP contribution < -0.4 is 0 Å². The zero-order valence-corrected chi connectivity index (χ0v) is 15.6. The van der Waals surface area contributed by atoms with E-state index in [9.17, 15) is 30.3 Å². The quantitative estimate of drug-likeness (QED) is 0.311. The van der Waals surface area contributed by atoms with E-state index in [1.54, 1.807) is 6.26 Å². The van der Waals surface area contributed by atoms with Gasteiger partial charge in [0, 0.05) is 25.4 Å². The van der Waals surface area contributed by atoms with Gasteiger partial charge in [-0.25, -0.2) is 0 Å². The number of hydrogen-bond acceptors (Lipinski definition) is 10. The fourth-order valence-corrected chi connectivity index (χ4v) is 4.30. The highest BCUT2D eigenvalue weighted by Gasteiger charge is 2.48. The highest BCUT2D eigenvalue weighted by atomic mass is 16.7. The molecule has 2 aliphatic heterocycles.